The topological polar surface area (TPSA) is 113 Å². The average Bonchev–Trinajstić information content (AvgIpc) is 3.23. The molecule has 0 saturated heterocycles. The van der Waals surface area contributed by atoms with Gasteiger partial charge in [-0.15, -0.1) is 11.3 Å². The Hall–Kier alpha value is -3.98. The van der Waals surface area contributed by atoms with E-state index < -0.39 is 17.4 Å². The first kappa shape index (κ1) is 22.2. The summed E-state index contributed by atoms with van der Waals surface area (Å²) >= 11 is 1.12. The summed E-state index contributed by atoms with van der Waals surface area (Å²) < 4.78 is 1.27. The highest BCUT2D eigenvalue weighted by Crippen LogP contribution is 2.22. The Bertz CT molecular complexity index is 1360. The van der Waals surface area contributed by atoms with Crippen LogP contribution in [0.5, 0.6) is 0 Å². The van der Waals surface area contributed by atoms with E-state index in [0.29, 0.717) is 22.8 Å². The van der Waals surface area contributed by atoms with Crippen LogP contribution < -0.4 is 16.2 Å². The van der Waals surface area contributed by atoms with Crippen LogP contribution in [0.2, 0.25) is 0 Å². The van der Waals surface area contributed by atoms with Gasteiger partial charge >= 0.3 is 5.97 Å². The first-order valence-electron chi connectivity index (χ1n) is 10.4. The number of carbonyl (C=O) groups is 2. The van der Waals surface area contributed by atoms with Gasteiger partial charge in [0.2, 0.25) is 5.91 Å². The summed E-state index contributed by atoms with van der Waals surface area (Å²) in [4.78, 5) is 42.2. The normalized spacial score (nSPS) is 10.8. The molecule has 0 radical (unpaired) electrons. The highest BCUT2D eigenvalue weighted by molar-refractivity contribution is 7.17. The number of thiophene rings is 1. The molecule has 2 aromatic carbocycles. The lowest BCUT2D eigenvalue weighted by Crippen LogP contribution is -2.31. The quantitative estimate of drug-likeness (QED) is 0.356. The number of nitrogens with zero attached hydrogens (tertiary/aromatic N) is 2. The molecule has 0 spiro atoms. The van der Waals surface area contributed by atoms with Crippen LogP contribution in [0.25, 0.3) is 10.2 Å². The van der Waals surface area contributed by atoms with Gasteiger partial charge in [0.15, 0.2) is 0 Å². The molecule has 2 heterocycles. The van der Waals surface area contributed by atoms with E-state index in [0.717, 1.165) is 29.1 Å². The van der Waals surface area contributed by atoms with Gasteiger partial charge < -0.3 is 15.7 Å². The van der Waals surface area contributed by atoms with E-state index in [1.807, 2.05) is 49.4 Å². The van der Waals surface area contributed by atoms with Crippen molar-refractivity contribution in [1.29, 1.82) is 0 Å². The summed E-state index contributed by atoms with van der Waals surface area (Å²) in [5.41, 5.74) is 1.80. The Labute approximate surface area is 193 Å². The number of aromatic nitrogens is 2. The van der Waals surface area contributed by atoms with Gasteiger partial charge in [0.25, 0.3) is 5.56 Å². The third-order valence-corrected chi connectivity index (χ3v) is 5.88. The van der Waals surface area contributed by atoms with E-state index >= 15 is 0 Å². The lowest BCUT2D eigenvalue weighted by atomic mass is 10.2. The Morgan fingerprint density at radius 3 is 2.36 bits per heavy atom. The smallest absolute Gasteiger partial charge is 0.337 e. The number of carboxylic acid groups (broad SMARTS) is 1. The van der Waals surface area contributed by atoms with Gasteiger partial charge in [-0.05, 0) is 42.8 Å². The Kier molecular flexibility index (Phi) is 6.50. The van der Waals surface area contributed by atoms with Crippen LogP contribution in [0.3, 0.4) is 0 Å². The summed E-state index contributed by atoms with van der Waals surface area (Å²) in [5.74, 6) is -1.12. The summed E-state index contributed by atoms with van der Waals surface area (Å²) in [5, 5.41) is 16.9. The number of aromatic carboxylic acids is 1. The minimum Gasteiger partial charge on any atom is -0.478 e. The molecule has 168 valence electrons. The summed E-state index contributed by atoms with van der Waals surface area (Å²) in [6, 6.07) is 16.9. The zero-order chi connectivity index (χ0) is 23.4. The maximum Gasteiger partial charge on any atom is 0.337 e. The Morgan fingerprint density at radius 1 is 1.03 bits per heavy atom. The molecule has 0 bridgehead atoms. The van der Waals surface area contributed by atoms with Crippen molar-refractivity contribution in [3.05, 3.63) is 81.7 Å². The van der Waals surface area contributed by atoms with Gasteiger partial charge in [-0.3, -0.25) is 14.2 Å². The van der Waals surface area contributed by atoms with E-state index in [2.05, 4.69) is 15.6 Å². The third kappa shape index (κ3) is 4.93. The zero-order valence-corrected chi connectivity index (χ0v) is 18.7. The van der Waals surface area contributed by atoms with Crippen LogP contribution in [-0.2, 0) is 17.8 Å². The molecule has 0 aliphatic rings. The molecular formula is C24H22N4O4S. The number of nitrogens with one attached hydrogen (secondary N) is 2. The highest BCUT2D eigenvalue weighted by atomic mass is 32.1. The van der Waals surface area contributed by atoms with Crippen molar-refractivity contribution >= 4 is 50.5 Å². The van der Waals surface area contributed by atoms with E-state index in [4.69, 9.17) is 0 Å². The number of hydrogen-bond donors (Lipinski definition) is 3. The average molecular weight is 463 g/mol. The van der Waals surface area contributed by atoms with Gasteiger partial charge in [0, 0.05) is 28.9 Å². The van der Waals surface area contributed by atoms with Gasteiger partial charge in [-0.2, -0.15) is 0 Å². The van der Waals surface area contributed by atoms with Gasteiger partial charge in [-0.25, -0.2) is 9.78 Å². The lowest BCUT2D eigenvalue weighted by Gasteiger charge is -2.13. The molecule has 2 aromatic heterocycles. The number of hydrogen-bond acceptors (Lipinski definition) is 6. The first-order chi connectivity index (χ1) is 16.0. The van der Waals surface area contributed by atoms with Crippen molar-refractivity contribution in [2.24, 2.45) is 0 Å². The number of carboxylic acids is 1. The summed E-state index contributed by atoms with van der Waals surface area (Å²) in [6.07, 6.45) is 1.23. The predicted molar refractivity (Wildman–Crippen MR) is 130 cm³/mol. The molecule has 9 heteroatoms. The SMILES string of the molecule is CCCc1nc2scc(C(=O)O)c2c(=O)n1CC(=O)Nc1ccc(Nc2ccccc2)cc1. The Morgan fingerprint density at radius 2 is 1.70 bits per heavy atom. The number of carbonyl (C=O) groups excluding carboxylic acids is 1. The van der Waals surface area contributed by atoms with Crippen molar-refractivity contribution in [1.82, 2.24) is 9.55 Å². The first-order valence-corrected chi connectivity index (χ1v) is 11.3. The van der Waals surface area contributed by atoms with Gasteiger partial charge in [0.05, 0.1) is 10.9 Å². The zero-order valence-electron chi connectivity index (χ0n) is 17.9. The van der Waals surface area contributed by atoms with Crippen molar-refractivity contribution in [3.8, 4) is 0 Å². The number of amides is 1. The molecule has 33 heavy (non-hydrogen) atoms. The van der Waals surface area contributed by atoms with Crippen LogP contribution in [0.15, 0.2) is 64.8 Å². The van der Waals surface area contributed by atoms with Crippen molar-refractivity contribution in [2.45, 2.75) is 26.3 Å². The minimum atomic E-state index is -1.19. The molecule has 0 aliphatic carbocycles. The third-order valence-electron chi connectivity index (χ3n) is 5.01. The molecule has 0 fully saturated rings. The fourth-order valence-corrected chi connectivity index (χ4v) is 4.39. The summed E-state index contributed by atoms with van der Waals surface area (Å²) in [7, 11) is 0. The van der Waals surface area contributed by atoms with E-state index in [-0.39, 0.29) is 17.5 Å². The number of benzene rings is 2. The second kappa shape index (κ2) is 9.66. The minimum absolute atomic E-state index is 0.0384. The van der Waals surface area contributed by atoms with Crippen LogP contribution in [0.1, 0.15) is 29.5 Å². The van der Waals surface area contributed by atoms with E-state index in [1.165, 1.54) is 9.95 Å². The molecule has 4 rings (SSSR count). The standard InChI is InChI=1S/C24H22N4O4S/c1-2-6-19-27-22-21(18(14-33-22)24(31)32)23(30)28(19)13-20(29)26-17-11-9-16(10-12-17)25-15-7-4-3-5-8-15/h3-5,7-12,14,25H,2,6,13H2,1H3,(H,26,29)(H,31,32). The van der Waals surface area contributed by atoms with Gasteiger partial charge in [-0.1, -0.05) is 25.1 Å². The maximum absolute atomic E-state index is 13.1. The monoisotopic (exact) mass is 462 g/mol. The molecule has 1 amide bonds. The van der Waals surface area contributed by atoms with Crippen LogP contribution in [0.4, 0.5) is 17.1 Å². The van der Waals surface area contributed by atoms with Crippen molar-refractivity contribution in [3.63, 3.8) is 0 Å². The maximum atomic E-state index is 13.1. The fourth-order valence-electron chi connectivity index (χ4n) is 3.47. The lowest BCUT2D eigenvalue weighted by molar-refractivity contribution is -0.116. The fraction of sp³-hybridized carbons (Fsp3) is 0.167. The molecule has 3 N–H and O–H groups in total. The largest absolute Gasteiger partial charge is 0.478 e. The molecule has 0 unspecified atom stereocenters. The molecule has 4 aromatic rings. The van der Waals surface area contributed by atoms with Crippen LogP contribution in [0, 0.1) is 0 Å². The number of para-hydroxylation sites is 1. The molecule has 0 saturated carbocycles. The van der Waals surface area contributed by atoms with E-state index in [1.54, 1.807) is 12.1 Å². The van der Waals surface area contributed by atoms with E-state index in [9.17, 15) is 19.5 Å². The second-order valence-corrected chi connectivity index (χ2v) is 8.28. The summed E-state index contributed by atoms with van der Waals surface area (Å²) in [6.45, 7) is 1.69. The Balaban J connectivity index is 1.54. The second-order valence-electron chi connectivity index (χ2n) is 7.42. The number of aryl methyl sites for hydroxylation is 1. The number of anilines is 3. The molecule has 0 aliphatic heterocycles. The van der Waals surface area contributed by atoms with Crippen LogP contribution >= 0.6 is 11.3 Å². The van der Waals surface area contributed by atoms with Crippen molar-refractivity contribution < 1.29 is 14.7 Å². The number of rotatable bonds is 8. The predicted octanol–water partition coefficient (Wildman–Crippen LogP) is 4.49. The van der Waals surface area contributed by atoms with Gasteiger partial charge in [0.1, 0.15) is 17.2 Å². The molecular weight excluding hydrogens is 440 g/mol. The van der Waals surface area contributed by atoms with Crippen molar-refractivity contribution in [2.75, 3.05) is 10.6 Å². The molecule has 8 nitrogen and oxygen atoms in total. The molecule has 0 atom stereocenters. The van der Waals surface area contributed by atoms with Crippen LogP contribution in [-0.4, -0.2) is 26.5 Å². The number of fused-ring (bicyclic) bond motifs is 1. The highest BCUT2D eigenvalue weighted by Gasteiger charge is 2.20.